The van der Waals surface area contributed by atoms with Crippen LogP contribution in [-0.2, 0) is 11.2 Å². The lowest BCUT2D eigenvalue weighted by Gasteiger charge is -2.11. The van der Waals surface area contributed by atoms with Gasteiger partial charge in [0.1, 0.15) is 5.76 Å². The molecule has 0 saturated carbocycles. The van der Waals surface area contributed by atoms with E-state index < -0.39 is 0 Å². The molecule has 0 radical (unpaired) electrons. The zero-order valence-electron chi connectivity index (χ0n) is 18.9. The highest BCUT2D eigenvalue weighted by Gasteiger charge is 2.15. The van der Waals surface area contributed by atoms with Crippen molar-refractivity contribution in [3.63, 3.8) is 0 Å². The Labute approximate surface area is 192 Å². The van der Waals surface area contributed by atoms with Crippen molar-refractivity contribution >= 4 is 28.4 Å². The third-order valence-electron chi connectivity index (χ3n) is 5.59. The second-order valence-corrected chi connectivity index (χ2v) is 7.86. The molecule has 4 aromatic rings. The molecular formula is C26H26N4O3. The number of hydrogen-bond donors (Lipinski definition) is 2. The molecule has 7 nitrogen and oxygen atoms in total. The Morgan fingerprint density at radius 1 is 1.03 bits per heavy atom. The molecule has 0 atom stereocenters. The van der Waals surface area contributed by atoms with Crippen molar-refractivity contribution in [3.8, 4) is 11.3 Å². The summed E-state index contributed by atoms with van der Waals surface area (Å²) in [6.45, 7) is 6.05. The van der Waals surface area contributed by atoms with Crippen molar-refractivity contribution in [2.24, 2.45) is 0 Å². The van der Waals surface area contributed by atoms with Crippen LogP contribution < -0.4 is 10.6 Å². The van der Waals surface area contributed by atoms with Gasteiger partial charge in [-0.25, -0.2) is 4.98 Å². The summed E-state index contributed by atoms with van der Waals surface area (Å²) in [5.41, 5.74) is 5.46. The quantitative estimate of drug-likeness (QED) is 0.427. The van der Waals surface area contributed by atoms with Gasteiger partial charge < -0.3 is 15.2 Å². The molecule has 0 unspecified atom stereocenters. The fourth-order valence-electron chi connectivity index (χ4n) is 3.74. The molecule has 0 spiro atoms. The molecule has 2 aromatic heterocycles. The fraction of sp³-hybridized carbons (Fsp3) is 0.231. The Balaban J connectivity index is 1.59. The normalized spacial score (nSPS) is 10.9. The van der Waals surface area contributed by atoms with E-state index in [0.29, 0.717) is 30.6 Å². The highest BCUT2D eigenvalue weighted by Crippen LogP contribution is 2.26. The molecule has 33 heavy (non-hydrogen) atoms. The molecule has 4 rings (SSSR count). The van der Waals surface area contributed by atoms with Crippen molar-refractivity contribution < 1.29 is 14.1 Å². The summed E-state index contributed by atoms with van der Waals surface area (Å²) in [7, 11) is 0. The highest BCUT2D eigenvalue weighted by molar-refractivity contribution is 6.07. The standard InChI is InChI=1S/C26H26N4O3/c1-4-25(31)28-19-11-9-18(10-12-19)24-15-22(21-7-5-6-8-23(21)29-24)26(32)27-14-13-20-16(2)30-33-17(20)3/h5-12,15H,4,13-14H2,1-3H3,(H,27,32)(H,28,31). The molecule has 7 heteroatoms. The first-order valence-corrected chi connectivity index (χ1v) is 11.0. The maximum absolute atomic E-state index is 13.1. The highest BCUT2D eigenvalue weighted by atomic mass is 16.5. The maximum atomic E-state index is 13.1. The topological polar surface area (TPSA) is 97.1 Å². The molecule has 2 amide bonds. The van der Waals surface area contributed by atoms with Crippen LogP contribution in [0, 0.1) is 13.8 Å². The number of nitrogens with zero attached hydrogens (tertiary/aromatic N) is 2. The number of rotatable bonds is 7. The number of carbonyl (C=O) groups is 2. The van der Waals surface area contributed by atoms with Gasteiger partial charge in [-0.3, -0.25) is 9.59 Å². The van der Waals surface area contributed by atoms with Crippen LogP contribution in [0.1, 0.15) is 40.7 Å². The van der Waals surface area contributed by atoms with E-state index in [1.165, 1.54) is 0 Å². The zero-order chi connectivity index (χ0) is 23.4. The van der Waals surface area contributed by atoms with Crippen molar-refractivity contribution in [1.82, 2.24) is 15.5 Å². The molecule has 0 fully saturated rings. The average molecular weight is 443 g/mol. The van der Waals surface area contributed by atoms with E-state index in [2.05, 4.69) is 15.8 Å². The van der Waals surface area contributed by atoms with Gasteiger partial charge in [-0.15, -0.1) is 0 Å². The monoisotopic (exact) mass is 442 g/mol. The number of benzene rings is 2. The number of fused-ring (bicyclic) bond motifs is 1. The summed E-state index contributed by atoms with van der Waals surface area (Å²) in [5, 5.41) is 10.6. The van der Waals surface area contributed by atoms with Gasteiger partial charge in [0.2, 0.25) is 5.91 Å². The van der Waals surface area contributed by atoms with Gasteiger partial charge >= 0.3 is 0 Å². The van der Waals surface area contributed by atoms with Gasteiger partial charge in [-0.05, 0) is 44.5 Å². The first-order chi connectivity index (χ1) is 16.0. The molecule has 2 heterocycles. The van der Waals surface area contributed by atoms with Gasteiger partial charge in [0, 0.05) is 35.2 Å². The van der Waals surface area contributed by atoms with Gasteiger partial charge in [-0.2, -0.15) is 0 Å². The van der Waals surface area contributed by atoms with Crippen LogP contribution in [0.15, 0.2) is 59.1 Å². The van der Waals surface area contributed by atoms with Crippen LogP contribution >= 0.6 is 0 Å². The molecule has 0 aliphatic heterocycles. The second kappa shape index (κ2) is 9.65. The SMILES string of the molecule is CCC(=O)Nc1ccc(-c2cc(C(=O)NCCc3c(C)noc3C)c3ccccc3n2)cc1. The van der Waals surface area contributed by atoms with Gasteiger partial charge in [0.05, 0.1) is 22.5 Å². The Hall–Kier alpha value is -4.00. The number of hydrogen-bond acceptors (Lipinski definition) is 5. The number of aromatic nitrogens is 2. The minimum atomic E-state index is -0.159. The first kappa shape index (κ1) is 22.2. The van der Waals surface area contributed by atoms with E-state index in [4.69, 9.17) is 9.51 Å². The van der Waals surface area contributed by atoms with Crippen LogP contribution in [0.3, 0.4) is 0 Å². The van der Waals surface area contributed by atoms with Crippen molar-refractivity contribution in [1.29, 1.82) is 0 Å². The van der Waals surface area contributed by atoms with E-state index in [1.54, 1.807) is 0 Å². The summed E-state index contributed by atoms with van der Waals surface area (Å²) in [5.74, 6) is 0.576. The summed E-state index contributed by atoms with van der Waals surface area (Å²) >= 11 is 0. The molecule has 0 aliphatic rings. The third kappa shape index (κ3) is 4.92. The van der Waals surface area contributed by atoms with E-state index >= 15 is 0 Å². The Morgan fingerprint density at radius 2 is 1.79 bits per heavy atom. The Kier molecular flexibility index (Phi) is 6.49. The molecule has 168 valence electrons. The second-order valence-electron chi connectivity index (χ2n) is 7.86. The number of amides is 2. The Morgan fingerprint density at radius 3 is 2.48 bits per heavy atom. The van der Waals surface area contributed by atoms with Crippen molar-refractivity contribution in [3.05, 3.63) is 77.2 Å². The van der Waals surface area contributed by atoms with Gasteiger partial charge in [0.15, 0.2) is 0 Å². The Bertz CT molecular complexity index is 1290. The lowest BCUT2D eigenvalue weighted by atomic mass is 10.0. The van der Waals surface area contributed by atoms with Crippen LogP contribution in [0.5, 0.6) is 0 Å². The predicted octanol–water partition coefficient (Wildman–Crippen LogP) is 4.83. The average Bonchev–Trinajstić information content (AvgIpc) is 3.15. The molecule has 2 aromatic carbocycles. The zero-order valence-corrected chi connectivity index (χ0v) is 18.9. The van der Waals surface area contributed by atoms with E-state index in [9.17, 15) is 9.59 Å². The molecule has 0 saturated heterocycles. The van der Waals surface area contributed by atoms with E-state index in [0.717, 1.165) is 39.2 Å². The fourth-order valence-corrected chi connectivity index (χ4v) is 3.74. The third-order valence-corrected chi connectivity index (χ3v) is 5.59. The molecular weight excluding hydrogens is 416 g/mol. The van der Waals surface area contributed by atoms with Crippen LogP contribution in [0.4, 0.5) is 5.69 Å². The number of carbonyl (C=O) groups excluding carboxylic acids is 2. The minimum absolute atomic E-state index is 0.0397. The summed E-state index contributed by atoms with van der Waals surface area (Å²) in [6.07, 6.45) is 1.07. The van der Waals surface area contributed by atoms with Crippen LogP contribution in [-0.4, -0.2) is 28.5 Å². The van der Waals surface area contributed by atoms with Gasteiger partial charge in [-0.1, -0.05) is 42.4 Å². The molecule has 2 N–H and O–H groups in total. The van der Waals surface area contributed by atoms with Crippen molar-refractivity contribution in [2.75, 3.05) is 11.9 Å². The van der Waals surface area contributed by atoms with Gasteiger partial charge in [0.25, 0.3) is 5.91 Å². The van der Waals surface area contributed by atoms with E-state index in [-0.39, 0.29) is 11.8 Å². The van der Waals surface area contributed by atoms with E-state index in [1.807, 2.05) is 75.4 Å². The summed E-state index contributed by atoms with van der Waals surface area (Å²) in [6, 6.07) is 16.9. The van der Waals surface area contributed by atoms with Crippen LogP contribution in [0.2, 0.25) is 0 Å². The summed E-state index contributed by atoms with van der Waals surface area (Å²) in [4.78, 5) is 29.5. The number of anilines is 1. The molecule has 0 bridgehead atoms. The summed E-state index contributed by atoms with van der Waals surface area (Å²) < 4.78 is 5.20. The smallest absolute Gasteiger partial charge is 0.252 e. The lowest BCUT2D eigenvalue weighted by molar-refractivity contribution is -0.115. The number of pyridine rings is 1. The van der Waals surface area contributed by atoms with Crippen LogP contribution in [0.25, 0.3) is 22.2 Å². The maximum Gasteiger partial charge on any atom is 0.252 e. The number of para-hydroxylation sites is 1. The largest absolute Gasteiger partial charge is 0.361 e. The predicted molar refractivity (Wildman–Crippen MR) is 128 cm³/mol. The number of aryl methyl sites for hydroxylation is 2. The lowest BCUT2D eigenvalue weighted by Crippen LogP contribution is -2.26. The first-order valence-electron chi connectivity index (χ1n) is 11.0. The number of nitrogens with one attached hydrogen (secondary N) is 2. The minimum Gasteiger partial charge on any atom is -0.361 e. The molecule has 0 aliphatic carbocycles. The van der Waals surface area contributed by atoms with Crippen molar-refractivity contribution in [2.45, 2.75) is 33.6 Å².